The molecule has 1 aliphatic rings. The quantitative estimate of drug-likeness (QED) is 0.765. The molecule has 0 amide bonds. The molecule has 1 fully saturated rings. The van der Waals surface area contributed by atoms with Gasteiger partial charge in [-0.1, -0.05) is 0 Å². The van der Waals surface area contributed by atoms with Crippen molar-refractivity contribution in [3.63, 3.8) is 0 Å². The fraction of sp³-hybridized carbons (Fsp3) is 0.900. The third-order valence-corrected chi connectivity index (χ3v) is 5.01. The van der Waals surface area contributed by atoms with Crippen LogP contribution in [0.5, 0.6) is 0 Å². The minimum absolute atomic E-state index is 0.361. The highest BCUT2D eigenvalue weighted by Gasteiger charge is 2.32. The number of nitriles is 1. The first-order valence-corrected chi connectivity index (χ1v) is 7.06. The highest BCUT2D eigenvalue weighted by Crippen LogP contribution is 2.20. The Labute approximate surface area is 97.5 Å². The van der Waals surface area contributed by atoms with E-state index in [4.69, 9.17) is 5.26 Å². The Balaban J connectivity index is 2.71. The van der Waals surface area contributed by atoms with Gasteiger partial charge in [0.25, 0.3) is 0 Å². The number of hydrogen-bond acceptors (Lipinski definition) is 4. The third-order valence-electron chi connectivity index (χ3n) is 2.96. The lowest BCUT2D eigenvalue weighted by atomic mass is 10.00. The van der Waals surface area contributed by atoms with Crippen molar-refractivity contribution < 1.29 is 8.42 Å². The van der Waals surface area contributed by atoms with E-state index in [-0.39, 0.29) is 0 Å². The van der Waals surface area contributed by atoms with Crippen LogP contribution in [0.15, 0.2) is 0 Å². The van der Waals surface area contributed by atoms with Crippen molar-refractivity contribution in [2.75, 3.05) is 26.7 Å². The molecule has 1 heterocycles. The second-order valence-electron chi connectivity index (χ2n) is 4.24. The van der Waals surface area contributed by atoms with E-state index in [1.807, 2.05) is 7.05 Å². The average molecular weight is 245 g/mol. The van der Waals surface area contributed by atoms with E-state index < -0.39 is 15.3 Å². The second kappa shape index (κ2) is 5.62. The summed E-state index contributed by atoms with van der Waals surface area (Å²) in [5.41, 5.74) is 0. The molecule has 0 spiro atoms. The molecule has 0 bridgehead atoms. The SMILES string of the molecule is CNCC1CCCN(S(=O)(=O)C(C)C#N)C1. The monoisotopic (exact) mass is 245 g/mol. The zero-order chi connectivity index (χ0) is 12.2. The summed E-state index contributed by atoms with van der Waals surface area (Å²) in [4.78, 5) is 0. The van der Waals surface area contributed by atoms with Gasteiger partial charge >= 0.3 is 0 Å². The van der Waals surface area contributed by atoms with Crippen molar-refractivity contribution in [3.05, 3.63) is 0 Å². The van der Waals surface area contributed by atoms with Crippen molar-refractivity contribution in [2.24, 2.45) is 5.92 Å². The van der Waals surface area contributed by atoms with Gasteiger partial charge in [-0.3, -0.25) is 0 Å². The predicted molar refractivity (Wildman–Crippen MR) is 62.2 cm³/mol. The molecule has 0 radical (unpaired) electrons. The van der Waals surface area contributed by atoms with E-state index in [1.54, 1.807) is 6.07 Å². The average Bonchev–Trinajstić information content (AvgIpc) is 2.28. The summed E-state index contributed by atoms with van der Waals surface area (Å²) in [6, 6.07) is 1.80. The highest BCUT2D eigenvalue weighted by atomic mass is 32.2. The predicted octanol–water partition coefficient (Wildman–Crippen LogP) is 0.160. The van der Waals surface area contributed by atoms with Crippen LogP contribution in [0.3, 0.4) is 0 Å². The molecule has 6 heteroatoms. The number of nitrogens with one attached hydrogen (secondary N) is 1. The Morgan fingerprint density at radius 2 is 2.31 bits per heavy atom. The Hall–Kier alpha value is -0.640. The highest BCUT2D eigenvalue weighted by molar-refractivity contribution is 7.89. The van der Waals surface area contributed by atoms with Gasteiger partial charge in [-0.05, 0) is 39.3 Å². The van der Waals surface area contributed by atoms with Crippen molar-refractivity contribution in [1.82, 2.24) is 9.62 Å². The van der Waals surface area contributed by atoms with Gasteiger partial charge in [-0.25, -0.2) is 12.7 Å². The molecular weight excluding hydrogens is 226 g/mol. The fourth-order valence-electron chi connectivity index (χ4n) is 2.00. The first-order valence-electron chi connectivity index (χ1n) is 5.55. The van der Waals surface area contributed by atoms with Gasteiger partial charge in [-0.2, -0.15) is 5.26 Å². The zero-order valence-corrected chi connectivity index (χ0v) is 10.6. The Morgan fingerprint density at radius 3 is 2.88 bits per heavy atom. The van der Waals surface area contributed by atoms with E-state index in [9.17, 15) is 8.42 Å². The van der Waals surface area contributed by atoms with E-state index in [1.165, 1.54) is 11.2 Å². The molecule has 16 heavy (non-hydrogen) atoms. The first kappa shape index (κ1) is 13.4. The molecule has 1 N–H and O–H groups in total. The topological polar surface area (TPSA) is 73.2 Å². The normalized spacial score (nSPS) is 24.9. The summed E-state index contributed by atoms with van der Waals surface area (Å²) >= 11 is 0. The van der Waals surface area contributed by atoms with Crippen molar-refractivity contribution >= 4 is 10.0 Å². The number of piperidine rings is 1. The summed E-state index contributed by atoms with van der Waals surface area (Å²) in [5.74, 6) is 0.361. The van der Waals surface area contributed by atoms with Crippen LogP contribution in [0.1, 0.15) is 19.8 Å². The number of rotatable bonds is 4. The van der Waals surface area contributed by atoms with Gasteiger partial charge in [0.1, 0.15) is 0 Å². The van der Waals surface area contributed by atoms with Crippen LogP contribution in [0.25, 0.3) is 0 Å². The lowest BCUT2D eigenvalue weighted by Crippen LogP contribution is -2.45. The maximum atomic E-state index is 11.9. The van der Waals surface area contributed by atoms with Crippen LogP contribution in [0.4, 0.5) is 0 Å². The van der Waals surface area contributed by atoms with Crippen molar-refractivity contribution in [2.45, 2.75) is 25.0 Å². The summed E-state index contributed by atoms with van der Waals surface area (Å²) in [7, 11) is -1.55. The molecule has 2 atom stereocenters. The van der Waals surface area contributed by atoms with Gasteiger partial charge < -0.3 is 5.32 Å². The molecule has 0 aliphatic carbocycles. The maximum Gasteiger partial charge on any atom is 0.230 e. The lowest BCUT2D eigenvalue weighted by Gasteiger charge is -2.32. The molecule has 0 aromatic carbocycles. The molecule has 1 rings (SSSR count). The summed E-state index contributed by atoms with van der Waals surface area (Å²) in [6.45, 7) is 3.35. The molecule has 1 saturated heterocycles. The first-order chi connectivity index (χ1) is 7.52. The standard InChI is InChI=1S/C10H19N3O2S/c1-9(6-11)16(14,15)13-5-3-4-10(8-13)7-12-2/h9-10,12H,3-5,7-8H2,1-2H3. The molecule has 0 saturated carbocycles. The largest absolute Gasteiger partial charge is 0.319 e. The van der Waals surface area contributed by atoms with Crippen molar-refractivity contribution in [1.29, 1.82) is 5.26 Å². The minimum Gasteiger partial charge on any atom is -0.319 e. The number of hydrogen-bond donors (Lipinski definition) is 1. The van der Waals surface area contributed by atoms with Gasteiger partial charge in [0, 0.05) is 13.1 Å². The smallest absolute Gasteiger partial charge is 0.230 e. The zero-order valence-electron chi connectivity index (χ0n) is 9.81. The minimum atomic E-state index is -3.42. The van der Waals surface area contributed by atoms with E-state index in [0.29, 0.717) is 19.0 Å². The number of nitrogens with zero attached hydrogens (tertiary/aromatic N) is 2. The van der Waals surface area contributed by atoms with Gasteiger partial charge in [-0.15, -0.1) is 0 Å². The van der Waals surface area contributed by atoms with E-state index in [0.717, 1.165) is 19.4 Å². The van der Waals surface area contributed by atoms with Crippen LogP contribution in [-0.2, 0) is 10.0 Å². The molecule has 92 valence electrons. The lowest BCUT2D eigenvalue weighted by molar-refractivity contribution is 0.262. The Morgan fingerprint density at radius 1 is 1.62 bits per heavy atom. The van der Waals surface area contributed by atoms with Crippen molar-refractivity contribution in [3.8, 4) is 6.07 Å². The third kappa shape index (κ3) is 2.94. The van der Waals surface area contributed by atoms with E-state index >= 15 is 0 Å². The number of sulfonamides is 1. The molecule has 2 unspecified atom stereocenters. The van der Waals surface area contributed by atoms with Crippen LogP contribution in [0.2, 0.25) is 0 Å². The van der Waals surface area contributed by atoms with Crippen LogP contribution >= 0.6 is 0 Å². The molecule has 0 aromatic heterocycles. The van der Waals surface area contributed by atoms with Crippen LogP contribution < -0.4 is 5.32 Å². The molecular formula is C10H19N3O2S. The molecule has 5 nitrogen and oxygen atoms in total. The summed E-state index contributed by atoms with van der Waals surface area (Å²) < 4.78 is 25.4. The van der Waals surface area contributed by atoms with Gasteiger partial charge in [0.15, 0.2) is 5.25 Å². The molecule has 1 aliphatic heterocycles. The van der Waals surface area contributed by atoms with Crippen LogP contribution in [0, 0.1) is 17.2 Å². The second-order valence-corrected chi connectivity index (χ2v) is 6.49. The Kier molecular flexibility index (Phi) is 4.71. The van der Waals surface area contributed by atoms with E-state index in [2.05, 4.69) is 5.32 Å². The maximum absolute atomic E-state index is 11.9. The van der Waals surface area contributed by atoms with Crippen LogP contribution in [-0.4, -0.2) is 44.7 Å². The summed E-state index contributed by atoms with van der Waals surface area (Å²) in [5, 5.41) is 10.8. The van der Waals surface area contributed by atoms with Gasteiger partial charge in [0.05, 0.1) is 6.07 Å². The Bertz CT molecular complexity index is 359. The molecule has 0 aromatic rings. The summed E-state index contributed by atoms with van der Waals surface area (Å²) in [6.07, 6.45) is 1.93. The van der Waals surface area contributed by atoms with Gasteiger partial charge in [0.2, 0.25) is 10.0 Å². The fourth-order valence-corrected chi connectivity index (χ4v) is 3.39.